The smallest absolute Gasteiger partial charge is 0.290 e. The van der Waals surface area contributed by atoms with Crippen LogP contribution in [0.4, 0.5) is 0 Å². The van der Waals surface area contributed by atoms with Crippen molar-refractivity contribution in [2.75, 3.05) is 20.3 Å². The Kier molecular flexibility index (Phi) is 4.60. The number of aliphatic hydroxyl groups is 1. The zero-order chi connectivity index (χ0) is 20.0. The fourth-order valence-electron chi connectivity index (χ4n) is 3.56. The molecule has 0 saturated heterocycles. The predicted molar refractivity (Wildman–Crippen MR) is 105 cm³/mol. The van der Waals surface area contributed by atoms with E-state index >= 15 is 0 Å². The number of ether oxygens (including phenoxy) is 1. The molecule has 1 aliphatic heterocycles. The summed E-state index contributed by atoms with van der Waals surface area (Å²) < 4.78 is 11.3. The highest BCUT2D eigenvalue weighted by Gasteiger charge is 2.42. The van der Waals surface area contributed by atoms with E-state index in [0.717, 1.165) is 0 Å². The molecule has 0 unspecified atom stereocenters. The molecule has 0 bridgehead atoms. The molecule has 4 rings (SSSR count). The summed E-state index contributed by atoms with van der Waals surface area (Å²) in [4.78, 5) is 27.6. The van der Waals surface area contributed by atoms with Gasteiger partial charge in [-0.2, -0.15) is 0 Å². The van der Waals surface area contributed by atoms with Crippen molar-refractivity contribution in [3.8, 4) is 11.5 Å². The van der Waals surface area contributed by atoms with Crippen molar-refractivity contribution in [1.82, 2.24) is 4.90 Å². The van der Waals surface area contributed by atoms with Crippen LogP contribution in [0.3, 0.4) is 0 Å². The van der Waals surface area contributed by atoms with Crippen LogP contribution < -0.4 is 10.2 Å². The standard InChI is InChI=1S/C20H16BrNO6/c1-27-14-9-10(8-12(21)18(14)25)16-15-17(24)11-4-2-3-5-13(11)28-19(15)20(26)22(16)6-7-23/h2-5,8-9,16,23,25H,6-7H2,1H3/t16-/m0/s1. The molecule has 2 heterocycles. The average Bonchev–Trinajstić information content (AvgIpc) is 2.97. The number of methoxy groups -OCH3 is 1. The number of hydrogen-bond donors (Lipinski definition) is 2. The van der Waals surface area contributed by atoms with E-state index < -0.39 is 11.9 Å². The third-order valence-electron chi connectivity index (χ3n) is 4.80. The number of aromatic hydroxyl groups is 1. The quantitative estimate of drug-likeness (QED) is 0.640. The maximum absolute atomic E-state index is 13.2. The maximum Gasteiger partial charge on any atom is 0.290 e. The zero-order valence-corrected chi connectivity index (χ0v) is 16.4. The van der Waals surface area contributed by atoms with E-state index in [4.69, 9.17) is 9.15 Å². The largest absolute Gasteiger partial charge is 0.503 e. The molecular formula is C20H16BrNO6. The molecule has 0 radical (unpaired) electrons. The van der Waals surface area contributed by atoms with Crippen molar-refractivity contribution in [2.45, 2.75) is 6.04 Å². The maximum atomic E-state index is 13.2. The Hall–Kier alpha value is -2.84. The molecule has 7 nitrogen and oxygen atoms in total. The van der Waals surface area contributed by atoms with Gasteiger partial charge in [0.05, 0.1) is 35.2 Å². The first-order valence-corrected chi connectivity index (χ1v) is 9.31. The Morgan fingerprint density at radius 3 is 2.71 bits per heavy atom. The van der Waals surface area contributed by atoms with Crippen molar-refractivity contribution >= 4 is 32.8 Å². The fraction of sp³-hybridized carbons (Fsp3) is 0.200. The lowest BCUT2D eigenvalue weighted by Gasteiger charge is -2.25. The molecule has 3 aromatic rings. The van der Waals surface area contributed by atoms with Gasteiger partial charge in [-0.3, -0.25) is 9.59 Å². The van der Waals surface area contributed by atoms with Crippen molar-refractivity contribution < 1.29 is 24.2 Å². The van der Waals surface area contributed by atoms with Crippen LogP contribution in [-0.2, 0) is 0 Å². The van der Waals surface area contributed by atoms with Gasteiger partial charge in [0, 0.05) is 6.54 Å². The minimum Gasteiger partial charge on any atom is -0.503 e. The summed E-state index contributed by atoms with van der Waals surface area (Å²) in [5, 5.41) is 19.9. The summed E-state index contributed by atoms with van der Waals surface area (Å²) in [6.07, 6.45) is 0. The van der Waals surface area contributed by atoms with E-state index in [0.29, 0.717) is 21.0 Å². The van der Waals surface area contributed by atoms with E-state index in [2.05, 4.69) is 15.9 Å². The van der Waals surface area contributed by atoms with Gasteiger partial charge >= 0.3 is 0 Å². The Morgan fingerprint density at radius 1 is 1.25 bits per heavy atom. The molecule has 8 heteroatoms. The van der Waals surface area contributed by atoms with Gasteiger partial charge < -0.3 is 24.3 Å². The van der Waals surface area contributed by atoms with Gasteiger partial charge in [0.15, 0.2) is 16.9 Å². The minimum absolute atomic E-state index is 0.0182. The molecule has 0 aliphatic carbocycles. The number of phenolic OH excluding ortho intramolecular Hbond substituents is 1. The highest BCUT2D eigenvalue weighted by Crippen LogP contribution is 2.43. The number of hydrogen-bond acceptors (Lipinski definition) is 6. The van der Waals surface area contributed by atoms with Crippen molar-refractivity contribution in [3.05, 3.63) is 68.0 Å². The molecule has 28 heavy (non-hydrogen) atoms. The van der Waals surface area contributed by atoms with Crippen LogP contribution in [0.2, 0.25) is 0 Å². The number of aliphatic hydroxyl groups excluding tert-OH is 1. The van der Waals surface area contributed by atoms with Crippen LogP contribution in [0, 0.1) is 0 Å². The normalized spacial score (nSPS) is 15.9. The summed E-state index contributed by atoms with van der Waals surface area (Å²) in [6.45, 7) is -0.259. The van der Waals surface area contributed by atoms with Gasteiger partial charge in [-0.1, -0.05) is 12.1 Å². The number of β-amino-alcohol motifs (C(OH)–C–C–N with tert-alkyl or cyclic N) is 1. The number of fused-ring (bicyclic) bond motifs is 2. The number of amides is 1. The molecule has 0 saturated carbocycles. The second-order valence-electron chi connectivity index (χ2n) is 6.35. The molecule has 0 spiro atoms. The highest BCUT2D eigenvalue weighted by atomic mass is 79.9. The first-order chi connectivity index (χ1) is 13.5. The van der Waals surface area contributed by atoms with E-state index in [1.54, 1.807) is 36.4 Å². The Morgan fingerprint density at radius 2 is 2.00 bits per heavy atom. The third-order valence-corrected chi connectivity index (χ3v) is 5.40. The number of phenols is 1. The highest BCUT2D eigenvalue weighted by molar-refractivity contribution is 9.10. The molecule has 1 amide bonds. The third kappa shape index (κ3) is 2.68. The molecule has 1 atom stereocenters. The molecule has 1 aromatic heterocycles. The van der Waals surface area contributed by atoms with Gasteiger partial charge in [-0.15, -0.1) is 0 Å². The second-order valence-corrected chi connectivity index (χ2v) is 7.20. The number of benzene rings is 2. The monoisotopic (exact) mass is 445 g/mol. The van der Waals surface area contributed by atoms with Crippen LogP contribution in [-0.4, -0.2) is 41.3 Å². The Labute approximate surface area is 167 Å². The van der Waals surface area contributed by atoms with E-state index in [1.165, 1.54) is 12.0 Å². The lowest BCUT2D eigenvalue weighted by molar-refractivity contribution is 0.0691. The number of carbonyl (C=O) groups is 1. The van der Waals surface area contributed by atoms with E-state index in [1.807, 2.05) is 0 Å². The summed E-state index contributed by atoms with van der Waals surface area (Å²) in [5.74, 6) is -0.403. The number of carbonyl (C=O) groups excluding carboxylic acids is 1. The van der Waals surface area contributed by atoms with Gasteiger partial charge in [0.1, 0.15) is 5.58 Å². The average molecular weight is 446 g/mol. The minimum atomic E-state index is -0.777. The molecule has 144 valence electrons. The SMILES string of the molecule is COc1cc([C@H]2c3c(oc4ccccc4c3=O)C(=O)N2CCO)cc(Br)c1O. The lowest BCUT2D eigenvalue weighted by Crippen LogP contribution is -2.32. The summed E-state index contributed by atoms with van der Waals surface area (Å²) in [7, 11) is 1.41. The van der Waals surface area contributed by atoms with Gasteiger partial charge in [-0.25, -0.2) is 0 Å². The molecular weight excluding hydrogens is 430 g/mol. The van der Waals surface area contributed by atoms with Crippen molar-refractivity contribution in [3.63, 3.8) is 0 Å². The summed E-state index contributed by atoms with van der Waals surface area (Å²) in [6, 6.07) is 9.13. The van der Waals surface area contributed by atoms with Gasteiger partial charge in [-0.05, 0) is 45.8 Å². The first kappa shape index (κ1) is 18.5. The number of para-hydroxylation sites is 1. The fourth-order valence-corrected chi connectivity index (χ4v) is 4.02. The van der Waals surface area contributed by atoms with E-state index in [-0.39, 0.29) is 41.4 Å². The van der Waals surface area contributed by atoms with Crippen LogP contribution in [0.5, 0.6) is 11.5 Å². The van der Waals surface area contributed by atoms with Crippen LogP contribution in [0.25, 0.3) is 11.0 Å². The molecule has 2 aromatic carbocycles. The summed E-state index contributed by atoms with van der Waals surface area (Å²) in [5.41, 5.74) is 0.772. The van der Waals surface area contributed by atoms with Gasteiger partial charge in [0.25, 0.3) is 5.91 Å². The topological polar surface area (TPSA) is 100 Å². The van der Waals surface area contributed by atoms with E-state index in [9.17, 15) is 19.8 Å². The zero-order valence-electron chi connectivity index (χ0n) is 14.8. The van der Waals surface area contributed by atoms with Gasteiger partial charge in [0.2, 0.25) is 5.76 Å². The van der Waals surface area contributed by atoms with Crippen molar-refractivity contribution in [1.29, 1.82) is 0 Å². The molecule has 1 aliphatic rings. The van der Waals surface area contributed by atoms with Crippen LogP contribution >= 0.6 is 15.9 Å². The molecule has 2 N–H and O–H groups in total. The Bertz CT molecular complexity index is 1160. The first-order valence-electron chi connectivity index (χ1n) is 8.52. The number of nitrogens with zero attached hydrogens (tertiary/aromatic N) is 1. The predicted octanol–water partition coefficient (Wildman–Crippen LogP) is 2.81. The van der Waals surface area contributed by atoms with Crippen molar-refractivity contribution in [2.24, 2.45) is 0 Å². The summed E-state index contributed by atoms with van der Waals surface area (Å²) >= 11 is 3.27. The number of halogens is 1. The lowest BCUT2D eigenvalue weighted by atomic mass is 9.98. The van der Waals surface area contributed by atoms with Crippen LogP contribution in [0.15, 0.2) is 50.1 Å². The van der Waals surface area contributed by atoms with Crippen LogP contribution in [0.1, 0.15) is 27.7 Å². The molecule has 0 fully saturated rings. The Balaban J connectivity index is 2.02. The second kappa shape index (κ2) is 6.96. The number of rotatable bonds is 4.